The van der Waals surface area contributed by atoms with E-state index >= 15 is 0 Å². The SMILES string of the molecule is O=C1CCCCCN1CC(O)CBr. The van der Waals surface area contributed by atoms with E-state index in [1.807, 2.05) is 0 Å². The second kappa shape index (κ2) is 5.60. The summed E-state index contributed by atoms with van der Waals surface area (Å²) in [5, 5.41) is 9.92. The number of aliphatic hydroxyl groups is 1. The first kappa shape index (κ1) is 11.0. The molecule has 3 nitrogen and oxygen atoms in total. The molecule has 0 aromatic rings. The van der Waals surface area contributed by atoms with Gasteiger partial charge in [-0.2, -0.15) is 0 Å². The molecule has 0 aromatic heterocycles. The van der Waals surface area contributed by atoms with E-state index in [-0.39, 0.29) is 5.91 Å². The Bertz CT molecular complexity index is 175. The first-order valence-corrected chi connectivity index (χ1v) is 5.88. The molecule has 0 aliphatic carbocycles. The summed E-state index contributed by atoms with van der Waals surface area (Å²) < 4.78 is 0. The summed E-state index contributed by atoms with van der Waals surface area (Å²) in [4.78, 5) is 13.2. The molecule has 13 heavy (non-hydrogen) atoms. The van der Waals surface area contributed by atoms with Crippen molar-refractivity contribution in [2.24, 2.45) is 0 Å². The Hall–Kier alpha value is -0.0900. The minimum absolute atomic E-state index is 0.192. The third-order valence-electron chi connectivity index (χ3n) is 2.28. The summed E-state index contributed by atoms with van der Waals surface area (Å²) >= 11 is 3.19. The number of rotatable bonds is 3. The quantitative estimate of drug-likeness (QED) is 0.763. The maximum Gasteiger partial charge on any atom is 0.222 e. The fraction of sp³-hybridized carbons (Fsp3) is 0.889. The van der Waals surface area contributed by atoms with Crippen LogP contribution >= 0.6 is 15.9 Å². The molecule has 1 aliphatic heterocycles. The van der Waals surface area contributed by atoms with Crippen molar-refractivity contribution in [1.82, 2.24) is 4.90 Å². The van der Waals surface area contributed by atoms with E-state index in [2.05, 4.69) is 15.9 Å². The zero-order valence-corrected chi connectivity index (χ0v) is 9.29. The third kappa shape index (κ3) is 3.65. The Balaban J connectivity index is 2.40. The molecular formula is C9H16BrNO2. The van der Waals surface area contributed by atoms with E-state index < -0.39 is 6.10 Å². The van der Waals surface area contributed by atoms with Gasteiger partial charge < -0.3 is 10.0 Å². The maximum absolute atomic E-state index is 11.5. The normalized spacial score (nSPS) is 21.4. The van der Waals surface area contributed by atoms with Crippen LogP contribution in [0.3, 0.4) is 0 Å². The largest absolute Gasteiger partial charge is 0.390 e. The van der Waals surface area contributed by atoms with Gasteiger partial charge in [-0.25, -0.2) is 0 Å². The van der Waals surface area contributed by atoms with Gasteiger partial charge in [-0.3, -0.25) is 4.79 Å². The van der Waals surface area contributed by atoms with Crippen molar-refractivity contribution < 1.29 is 9.90 Å². The van der Waals surface area contributed by atoms with Crippen LogP contribution in [0.15, 0.2) is 0 Å². The number of alkyl halides is 1. The molecule has 0 radical (unpaired) electrons. The summed E-state index contributed by atoms with van der Waals surface area (Å²) in [6.07, 6.45) is 3.42. The van der Waals surface area contributed by atoms with Crippen LogP contribution < -0.4 is 0 Å². The molecule has 0 spiro atoms. The van der Waals surface area contributed by atoms with Gasteiger partial charge in [-0.05, 0) is 12.8 Å². The summed E-state index contributed by atoms with van der Waals surface area (Å²) in [6, 6.07) is 0. The number of hydrogen-bond donors (Lipinski definition) is 1. The average molecular weight is 250 g/mol. The molecule has 1 heterocycles. The molecule has 0 saturated carbocycles. The van der Waals surface area contributed by atoms with Crippen LogP contribution in [0.25, 0.3) is 0 Å². The molecular weight excluding hydrogens is 234 g/mol. The molecule has 76 valence electrons. The highest BCUT2D eigenvalue weighted by Crippen LogP contribution is 2.11. The average Bonchev–Trinajstić information content (AvgIpc) is 2.32. The number of aliphatic hydroxyl groups excluding tert-OH is 1. The number of nitrogens with zero attached hydrogens (tertiary/aromatic N) is 1. The Morgan fingerprint density at radius 3 is 2.92 bits per heavy atom. The molecule has 1 fully saturated rings. The lowest BCUT2D eigenvalue weighted by molar-refractivity contribution is -0.131. The van der Waals surface area contributed by atoms with E-state index in [0.717, 1.165) is 25.8 Å². The molecule has 1 amide bonds. The lowest BCUT2D eigenvalue weighted by Crippen LogP contribution is -2.37. The highest BCUT2D eigenvalue weighted by atomic mass is 79.9. The van der Waals surface area contributed by atoms with Gasteiger partial charge in [-0.15, -0.1) is 0 Å². The van der Waals surface area contributed by atoms with Gasteiger partial charge in [0.15, 0.2) is 0 Å². The van der Waals surface area contributed by atoms with Crippen molar-refractivity contribution in [2.45, 2.75) is 31.8 Å². The Kier molecular flexibility index (Phi) is 4.73. The standard InChI is InChI=1S/C9H16BrNO2/c10-6-8(12)7-11-5-3-1-2-4-9(11)13/h8,12H,1-7H2. The van der Waals surface area contributed by atoms with E-state index in [9.17, 15) is 9.90 Å². The molecule has 1 atom stereocenters. The van der Waals surface area contributed by atoms with Crippen LogP contribution in [0, 0.1) is 0 Å². The lowest BCUT2D eigenvalue weighted by Gasteiger charge is -2.22. The van der Waals surface area contributed by atoms with Gasteiger partial charge in [0.1, 0.15) is 0 Å². The topological polar surface area (TPSA) is 40.5 Å². The van der Waals surface area contributed by atoms with Crippen molar-refractivity contribution in [3.8, 4) is 0 Å². The zero-order valence-electron chi connectivity index (χ0n) is 7.71. The fourth-order valence-electron chi connectivity index (χ4n) is 1.53. The number of halogens is 1. The lowest BCUT2D eigenvalue weighted by atomic mass is 10.2. The maximum atomic E-state index is 11.5. The van der Waals surface area contributed by atoms with Crippen LogP contribution in [-0.2, 0) is 4.79 Å². The number of hydrogen-bond acceptors (Lipinski definition) is 2. The highest BCUT2D eigenvalue weighted by Gasteiger charge is 2.18. The van der Waals surface area contributed by atoms with Crippen LogP contribution in [0.1, 0.15) is 25.7 Å². The van der Waals surface area contributed by atoms with E-state index in [0.29, 0.717) is 18.3 Å². The third-order valence-corrected chi connectivity index (χ3v) is 3.03. The van der Waals surface area contributed by atoms with Crippen LogP contribution in [0.2, 0.25) is 0 Å². The van der Waals surface area contributed by atoms with E-state index in [1.54, 1.807) is 4.90 Å². The van der Waals surface area contributed by atoms with Crippen molar-refractivity contribution in [3.63, 3.8) is 0 Å². The highest BCUT2D eigenvalue weighted by molar-refractivity contribution is 9.09. The van der Waals surface area contributed by atoms with E-state index in [1.165, 1.54) is 0 Å². The predicted octanol–water partition coefficient (Wildman–Crippen LogP) is 1.14. The van der Waals surface area contributed by atoms with Gasteiger partial charge in [0.2, 0.25) is 5.91 Å². The minimum atomic E-state index is -0.429. The monoisotopic (exact) mass is 249 g/mol. The second-order valence-corrected chi connectivity index (χ2v) is 4.11. The first-order chi connectivity index (χ1) is 6.24. The number of β-amino-alcohol motifs (C(OH)–C–C–N with tert-alkyl or cyclic N) is 1. The molecule has 1 rings (SSSR count). The molecule has 0 bridgehead atoms. The molecule has 0 aromatic carbocycles. The molecule has 1 saturated heterocycles. The van der Waals surface area contributed by atoms with Crippen LogP contribution in [-0.4, -0.2) is 40.4 Å². The molecule has 1 N–H and O–H groups in total. The minimum Gasteiger partial charge on any atom is -0.390 e. The van der Waals surface area contributed by atoms with Crippen molar-refractivity contribution in [2.75, 3.05) is 18.4 Å². The van der Waals surface area contributed by atoms with Gasteiger partial charge in [-0.1, -0.05) is 22.4 Å². The summed E-state index contributed by atoms with van der Waals surface area (Å²) in [6.45, 7) is 1.28. The zero-order chi connectivity index (χ0) is 9.68. The van der Waals surface area contributed by atoms with Crippen LogP contribution in [0.4, 0.5) is 0 Å². The Morgan fingerprint density at radius 2 is 2.23 bits per heavy atom. The smallest absolute Gasteiger partial charge is 0.222 e. The second-order valence-electron chi connectivity index (χ2n) is 3.46. The van der Waals surface area contributed by atoms with Crippen LogP contribution in [0.5, 0.6) is 0 Å². The van der Waals surface area contributed by atoms with Gasteiger partial charge in [0, 0.05) is 24.8 Å². The summed E-state index contributed by atoms with van der Waals surface area (Å²) in [5.41, 5.74) is 0. The summed E-state index contributed by atoms with van der Waals surface area (Å²) in [5.74, 6) is 0.192. The van der Waals surface area contributed by atoms with E-state index in [4.69, 9.17) is 0 Å². The fourth-order valence-corrected chi connectivity index (χ4v) is 1.74. The summed E-state index contributed by atoms with van der Waals surface area (Å²) in [7, 11) is 0. The molecule has 4 heteroatoms. The number of carbonyl (C=O) groups excluding carboxylic acids is 1. The number of amides is 1. The van der Waals surface area contributed by atoms with Gasteiger partial charge in [0.05, 0.1) is 6.10 Å². The van der Waals surface area contributed by atoms with Crippen molar-refractivity contribution in [1.29, 1.82) is 0 Å². The Labute approximate surface area is 87.2 Å². The molecule has 1 unspecified atom stereocenters. The number of likely N-dealkylation sites (tertiary alicyclic amines) is 1. The molecule has 1 aliphatic rings. The van der Waals surface area contributed by atoms with Crippen molar-refractivity contribution >= 4 is 21.8 Å². The number of carbonyl (C=O) groups is 1. The van der Waals surface area contributed by atoms with Crippen molar-refractivity contribution in [3.05, 3.63) is 0 Å². The first-order valence-electron chi connectivity index (χ1n) is 4.76. The van der Waals surface area contributed by atoms with Gasteiger partial charge >= 0.3 is 0 Å². The predicted molar refractivity (Wildman–Crippen MR) is 54.8 cm³/mol. The van der Waals surface area contributed by atoms with Gasteiger partial charge in [0.25, 0.3) is 0 Å². The Morgan fingerprint density at radius 1 is 1.46 bits per heavy atom.